The number of benzene rings is 1. The summed E-state index contributed by atoms with van der Waals surface area (Å²) in [7, 11) is 1.71. The maximum absolute atomic E-state index is 11.9. The van der Waals surface area contributed by atoms with Gasteiger partial charge in [-0.25, -0.2) is 0 Å². The van der Waals surface area contributed by atoms with Crippen LogP contribution in [0.15, 0.2) is 23.2 Å². The third kappa shape index (κ3) is 8.88. The Morgan fingerprint density at radius 1 is 1.13 bits per heavy atom. The van der Waals surface area contributed by atoms with Gasteiger partial charge in [-0.2, -0.15) is 11.8 Å². The molecule has 0 spiro atoms. The molecule has 5 nitrogen and oxygen atoms in total. The van der Waals surface area contributed by atoms with Crippen LogP contribution in [-0.4, -0.2) is 50.6 Å². The molecule has 0 heterocycles. The minimum absolute atomic E-state index is 0. The average Bonchev–Trinajstić information content (AvgIpc) is 2.52. The van der Waals surface area contributed by atoms with Crippen LogP contribution in [0.3, 0.4) is 0 Å². The lowest BCUT2D eigenvalue weighted by Crippen LogP contribution is -2.42. The van der Waals surface area contributed by atoms with Crippen LogP contribution in [0.1, 0.15) is 10.4 Å². The number of guanidine groups is 1. The lowest BCUT2D eigenvalue weighted by Gasteiger charge is -2.12. The smallest absolute Gasteiger partial charge is 0.251 e. The first-order chi connectivity index (χ1) is 10.6. The second-order valence-electron chi connectivity index (χ2n) is 4.30. The molecule has 1 amide bonds. The molecule has 0 radical (unpaired) electrons. The predicted octanol–water partition coefficient (Wildman–Crippen LogP) is 2.87. The molecule has 0 atom stereocenters. The molecule has 1 rings (SSSR count). The van der Waals surface area contributed by atoms with E-state index in [1.54, 1.807) is 37.0 Å². The van der Waals surface area contributed by atoms with Crippen molar-refractivity contribution in [2.75, 3.05) is 38.7 Å². The number of nitrogens with one attached hydrogen (secondary N) is 3. The summed E-state index contributed by atoms with van der Waals surface area (Å²) in [5, 5.41) is 9.90. The number of rotatable bonds is 7. The minimum Gasteiger partial charge on any atom is -0.356 e. The van der Waals surface area contributed by atoms with Crippen molar-refractivity contribution in [1.82, 2.24) is 16.0 Å². The Balaban J connectivity index is 0.00000484. The lowest BCUT2D eigenvalue weighted by atomic mass is 10.2. The third-order valence-corrected chi connectivity index (χ3v) is 4.06. The number of hydrogen-bond donors (Lipinski definition) is 3. The number of carbonyl (C=O) groups excluding carboxylic acids is 1. The molecule has 0 unspecified atom stereocenters. The molecule has 130 valence electrons. The summed E-state index contributed by atoms with van der Waals surface area (Å²) in [5.41, 5.74) is 0.483. The third-order valence-electron chi connectivity index (χ3n) is 2.71. The van der Waals surface area contributed by atoms with Crippen molar-refractivity contribution in [3.63, 3.8) is 0 Å². The van der Waals surface area contributed by atoms with Crippen LogP contribution in [0, 0.1) is 0 Å². The summed E-state index contributed by atoms with van der Waals surface area (Å²) in [4.78, 5) is 16.0. The molecule has 0 aliphatic rings. The molecule has 1 aromatic rings. The minimum atomic E-state index is -0.189. The number of hydrogen-bond acceptors (Lipinski definition) is 3. The van der Waals surface area contributed by atoms with Crippen molar-refractivity contribution in [2.45, 2.75) is 0 Å². The zero-order valence-electron chi connectivity index (χ0n) is 13.0. The van der Waals surface area contributed by atoms with Gasteiger partial charge in [0.2, 0.25) is 0 Å². The van der Waals surface area contributed by atoms with Crippen LogP contribution in [0.4, 0.5) is 0 Å². The molecular formula is C14H21Cl2IN4OS. The lowest BCUT2D eigenvalue weighted by molar-refractivity contribution is 0.0954. The molecule has 0 saturated heterocycles. The highest BCUT2D eigenvalue weighted by Crippen LogP contribution is 2.22. The quantitative estimate of drug-likeness (QED) is 0.238. The van der Waals surface area contributed by atoms with E-state index in [1.807, 2.05) is 0 Å². The van der Waals surface area contributed by atoms with Gasteiger partial charge in [0.05, 0.1) is 10.0 Å². The number of halogens is 3. The average molecular weight is 491 g/mol. The van der Waals surface area contributed by atoms with Gasteiger partial charge in [0.15, 0.2) is 5.96 Å². The van der Waals surface area contributed by atoms with Gasteiger partial charge in [-0.3, -0.25) is 9.79 Å². The van der Waals surface area contributed by atoms with Crippen LogP contribution in [0.5, 0.6) is 0 Å². The Morgan fingerprint density at radius 2 is 1.78 bits per heavy atom. The summed E-state index contributed by atoms with van der Waals surface area (Å²) >= 11 is 13.5. The number of carbonyl (C=O) groups is 1. The second-order valence-corrected chi connectivity index (χ2v) is 6.10. The van der Waals surface area contributed by atoms with E-state index in [9.17, 15) is 4.79 Å². The van der Waals surface area contributed by atoms with E-state index in [4.69, 9.17) is 23.2 Å². The Labute approximate surface area is 168 Å². The fraction of sp³-hybridized carbons (Fsp3) is 0.429. The van der Waals surface area contributed by atoms with Crippen molar-refractivity contribution in [3.8, 4) is 0 Å². The van der Waals surface area contributed by atoms with Gasteiger partial charge in [-0.15, -0.1) is 24.0 Å². The van der Waals surface area contributed by atoms with Crippen molar-refractivity contribution >= 4 is 70.8 Å². The highest BCUT2D eigenvalue weighted by Gasteiger charge is 2.07. The van der Waals surface area contributed by atoms with Gasteiger partial charge in [-0.1, -0.05) is 23.2 Å². The largest absolute Gasteiger partial charge is 0.356 e. The molecule has 3 N–H and O–H groups in total. The summed E-state index contributed by atoms with van der Waals surface area (Å²) < 4.78 is 0. The van der Waals surface area contributed by atoms with E-state index in [0.717, 1.165) is 18.3 Å². The van der Waals surface area contributed by atoms with Gasteiger partial charge < -0.3 is 16.0 Å². The van der Waals surface area contributed by atoms with Crippen LogP contribution >= 0.6 is 58.9 Å². The molecule has 0 aliphatic heterocycles. The van der Waals surface area contributed by atoms with Crippen molar-refractivity contribution in [2.24, 2.45) is 4.99 Å². The maximum atomic E-state index is 11.9. The van der Waals surface area contributed by atoms with Crippen molar-refractivity contribution in [3.05, 3.63) is 33.8 Å². The monoisotopic (exact) mass is 490 g/mol. The summed E-state index contributed by atoms with van der Waals surface area (Å²) in [6.45, 7) is 1.89. The fourth-order valence-electron chi connectivity index (χ4n) is 1.59. The number of aliphatic imine (C=N–C) groups is 1. The summed E-state index contributed by atoms with van der Waals surface area (Å²) in [5.74, 6) is 1.54. The zero-order valence-corrected chi connectivity index (χ0v) is 17.6. The molecule has 0 fully saturated rings. The standard InChI is InChI=1S/C14H20Cl2N4OS.HI/c1-17-14(20-7-8-22-2)19-6-5-18-13(21)10-3-4-11(15)12(16)9-10;/h3-4,9H,5-8H2,1-2H3,(H,18,21)(H2,17,19,20);1H. The Bertz CT molecular complexity index is 531. The predicted molar refractivity (Wildman–Crippen MR) is 112 cm³/mol. The van der Waals surface area contributed by atoms with E-state index in [-0.39, 0.29) is 29.9 Å². The van der Waals surface area contributed by atoms with Gasteiger partial charge in [0, 0.05) is 38.0 Å². The Kier molecular flexibility index (Phi) is 12.8. The Morgan fingerprint density at radius 3 is 2.39 bits per heavy atom. The van der Waals surface area contributed by atoms with Gasteiger partial charge in [0.25, 0.3) is 5.91 Å². The van der Waals surface area contributed by atoms with Gasteiger partial charge in [0.1, 0.15) is 0 Å². The number of thioether (sulfide) groups is 1. The highest BCUT2D eigenvalue weighted by atomic mass is 127. The molecule has 0 bridgehead atoms. The highest BCUT2D eigenvalue weighted by molar-refractivity contribution is 14.0. The molecule has 0 aliphatic carbocycles. The molecular weight excluding hydrogens is 470 g/mol. The van der Waals surface area contributed by atoms with Crippen molar-refractivity contribution < 1.29 is 4.79 Å². The van der Waals surface area contributed by atoms with E-state index >= 15 is 0 Å². The van der Waals surface area contributed by atoms with Gasteiger partial charge >= 0.3 is 0 Å². The first kappa shape index (κ1) is 22.6. The summed E-state index contributed by atoms with van der Waals surface area (Å²) in [6, 6.07) is 4.80. The molecule has 1 aromatic carbocycles. The summed E-state index contributed by atoms with van der Waals surface area (Å²) in [6.07, 6.45) is 2.05. The molecule has 0 aromatic heterocycles. The number of nitrogens with zero attached hydrogens (tertiary/aromatic N) is 1. The fourth-order valence-corrected chi connectivity index (χ4v) is 2.19. The van der Waals surface area contributed by atoms with Crippen LogP contribution in [-0.2, 0) is 0 Å². The number of amides is 1. The maximum Gasteiger partial charge on any atom is 0.251 e. The normalized spacial score (nSPS) is 10.7. The van der Waals surface area contributed by atoms with E-state index < -0.39 is 0 Å². The van der Waals surface area contributed by atoms with E-state index in [2.05, 4.69) is 27.2 Å². The molecule has 23 heavy (non-hydrogen) atoms. The SMILES string of the molecule is CN=C(NCCNC(=O)c1ccc(Cl)c(Cl)c1)NCCSC.I. The zero-order chi connectivity index (χ0) is 16.4. The first-order valence-corrected chi connectivity index (χ1v) is 8.90. The van der Waals surface area contributed by atoms with E-state index in [1.165, 1.54) is 0 Å². The van der Waals surface area contributed by atoms with Crippen LogP contribution in [0.25, 0.3) is 0 Å². The Hall–Kier alpha value is -0.380. The molecule has 9 heteroatoms. The van der Waals surface area contributed by atoms with Crippen LogP contribution in [0.2, 0.25) is 10.0 Å². The first-order valence-electron chi connectivity index (χ1n) is 6.75. The van der Waals surface area contributed by atoms with Gasteiger partial charge in [-0.05, 0) is 24.5 Å². The second kappa shape index (κ2) is 13.0. The van der Waals surface area contributed by atoms with Crippen LogP contribution < -0.4 is 16.0 Å². The molecule has 0 saturated carbocycles. The van der Waals surface area contributed by atoms with E-state index in [0.29, 0.717) is 28.7 Å². The van der Waals surface area contributed by atoms with Crippen molar-refractivity contribution in [1.29, 1.82) is 0 Å². The topological polar surface area (TPSA) is 65.5 Å².